The largest absolute Gasteiger partial charge is 0.484 e. The highest BCUT2D eigenvalue weighted by Gasteiger charge is 2.30. The standard InChI is InChI=1S/C25H32N2O7/c1-13(2)21(23(29)27-22(14(3)4)24(30)31)26-20(28)12-33-15-9-10-17-16-7-5-6-8-18(16)25(32)34-19(17)11-15/h9-11,13-14,21-22H,5-8,12H2,1-4H3,(H,26,28)(H,27,29)(H,30,31)/t21-,22-/m1/s1. The average molecular weight is 473 g/mol. The van der Waals surface area contributed by atoms with Crippen molar-refractivity contribution in [3.63, 3.8) is 0 Å². The number of carboxylic acids is 1. The highest BCUT2D eigenvalue weighted by atomic mass is 16.5. The second-order valence-electron chi connectivity index (χ2n) is 9.36. The number of hydrogen-bond acceptors (Lipinski definition) is 6. The number of fused-ring (bicyclic) bond motifs is 3. The molecular weight excluding hydrogens is 440 g/mol. The van der Waals surface area contributed by atoms with E-state index in [1.165, 1.54) is 0 Å². The topological polar surface area (TPSA) is 135 Å². The maximum atomic E-state index is 12.6. The van der Waals surface area contributed by atoms with Gasteiger partial charge in [0.1, 0.15) is 23.4 Å². The number of aryl methyl sites for hydroxylation is 1. The van der Waals surface area contributed by atoms with Crippen LogP contribution in [0, 0.1) is 11.8 Å². The highest BCUT2D eigenvalue weighted by Crippen LogP contribution is 2.29. The maximum absolute atomic E-state index is 12.6. The van der Waals surface area contributed by atoms with Crippen LogP contribution in [0.25, 0.3) is 11.0 Å². The second kappa shape index (κ2) is 10.7. The lowest BCUT2D eigenvalue weighted by atomic mass is 9.91. The van der Waals surface area contributed by atoms with Crippen LogP contribution < -0.4 is 21.0 Å². The molecule has 184 valence electrons. The molecule has 2 amide bonds. The summed E-state index contributed by atoms with van der Waals surface area (Å²) in [5.41, 5.74) is 1.85. The number of hydrogen-bond donors (Lipinski definition) is 3. The molecule has 0 bridgehead atoms. The molecular formula is C25H32N2O7. The van der Waals surface area contributed by atoms with Crippen LogP contribution in [0.5, 0.6) is 5.75 Å². The molecule has 0 saturated carbocycles. The minimum Gasteiger partial charge on any atom is -0.484 e. The van der Waals surface area contributed by atoms with Crippen molar-refractivity contribution in [3.8, 4) is 5.75 Å². The number of carbonyl (C=O) groups excluding carboxylic acids is 2. The molecule has 9 heteroatoms. The van der Waals surface area contributed by atoms with Gasteiger partial charge in [-0.2, -0.15) is 0 Å². The molecule has 1 aromatic carbocycles. The van der Waals surface area contributed by atoms with Gasteiger partial charge >= 0.3 is 11.6 Å². The van der Waals surface area contributed by atoms with Gasteiger partial charge < -0.3 is 24.9 Å². The third kappa shape index (κ3) is 5.76. The first-order valence-electron chi connectivity index (χ1n) is 11.6. The number of rotatable bonds is 9. The Hall–Kier alpha value is -3.36. The van der Waals surface area contributed by atoms with E-state index in [9.17, 15) is 24.3 Å². The van der Waals surface area contributed by atoms with Crippen LogP contribution >= 0.6 is 0 Å². The van der Waals surface area contributed by atoms with E-state index >= 15 is 0 Å². The van der Waals surface area contributed by atoms with Crippen LogP contribution in [0.2, 0.25) is 0 Å². The Morgan fingerprint density at radius 2 is 1.65 bits per heavy atom. The Morgan fingerprint density at radius 3 is 2.26 bits per heavy atom. The number of aliphatic carboxylic acids is 1. The molecule has 1 aliphatic rings. The Bertz CT molecular complexity index is 1140. The van der Waals surface area contributed by atoms with Crippen molar-refractivity contribution in [1.82, 2.24) is 10.6 Å². The summed E-state index contributed by atoms with van der Waals surface area (Å²) < 4.78 is 11.1. The number of amides is 2. The number of nitrogens with one attached hydrogen (secondary N) is 2. The van der Waals surface area contributed by atoms with Crippen LogP contribution in [0.3, 0.4) is 0 Å². The van der Waals surface area contributed by atoms with Crippen LogP contribution in [0.15, 0.2) is 27.4 Å². The Kier molecular flexibility index (Phi) is 7.96. The summed E-state index contributed by atoms with van der Waals surface area (Å²) in [6, 6.07) is 3.17. The lowest BCUT2D eigenvalue weighted by molar-refractivity contribution is -0.143. The van der Waals surface area contributed by atoms with Gasteiger partial charge in [-0.15, -0.1) is 0 Å². The third-order valence-electron chi connectivity index (χ3n) is 6.06. The summed E-state index contributed by atoms with van der Waals surface area (Å²) in [7, 11) is 0. The lowest BCUT2D eigenvalue weighted by Gasteiger charge is -2.25. The van der Waals surface area contributed by atoms with Gasteiger partial charge in [0.05, 0.1) is 0 Å². The molecule has 1 heterocycles. The summed E-state index contributed by atoms with van der Waals surface area (Å²) in [6.07, 6.45) is 3.56. The zero-order valence-electron chi connectivity index (χ0n) is 20.0. The van der Waals surface area contributed by atoms with E-state index in [2.05, 4.69) is 10.6 Å². The predicted octanol–water partition coefficient (Wildman–Crippen LogP) is 2.42. The molecule has 0 aliphatic heterocycles. The SMILES string of the molecule is CC(C)[C@@H](NC(=O)[C@H](NC(=O)COc1ccc2c3c(c(=O)oc2c1)CCCC3)C(C)C)C(=O)O. The molecule has 0 saturated heterocycles. The van der Waals surface area contributed by atoms with Gasteiger partial charge in [-0.1, -0.05) is 27.7 Å². The van der Waals surface area contributed by atoms with Gasteiger partial charge in [-0.3, -0.25) is 9.59 Å². The monoisotopic (exact) mass is 472 g/mol. The number of carbonyl (C=O) groups is 3. The Balaban J connectivity index is 1.66. The smallest absolute Gasteiger partial charge is 0.339 e. The highest BCUT2D eigenvalue weighted by molar-refractivity contribution is 5.91. The molecule has 0 radical (unpaired) electrons. The van der Waals surface area contributed by atoms with E-state index in [0.717, 1.165) is 42.2 Å². The normalized spacial score (nSPS) is 15.0. The van der Waals surface area contributed by atoms with Gasteiger partial charge in [0.25, 0.3) is 5.91 Å². The minimum atomic E-state index is -1.13. The van der Waals surface area contributed by atoms with Crippen LogP contribution in [-0.4, -0.2) is 41.6 Å². The van der Waals surface area contributed by atoms with E-state index in [1.807, 2.05) is 6.07 Å². The first-order chi connectivity index (χ1) is 16.1. The van der Waals surface area contributed by atoms with Gasteiger partial charge in [0.2, 0.25) is 5.91 Å². The van der Waals surface area contributed by atoms with E-state index in [0.29, 0.717) is 11.3 Å². The third-order valence-corrected chi connectivity index (χ3v) is 6.06. The van der Waals surface area contributed by atoms with Crippen molar-refractivity contribution in [2.75, 3.05) is 6.61 Å². The summed E-state index contributed by atoms with van der Waals surface area (Å²) in [5, 5.41) is 15.3. The average Bonchev–Trinajstić information content (AvgIpc) is 2.78. The van der Waals surface area contributed by atoms with Gasteiger partial charge in [-0.05, 0) is 55.2 Å². The summed E-state index contributed by atoms with van der Waals surface area (Å²) >= 11 is 0. The maximum Gasteiger partial charge on any atom is 0.339 e. The van der Waals surface area contributed by atoms with Crippen molar-refractivity contribution >= 4 is 28.8 Å². The van der Waals surface area contributed by atoms with E-state index < -0.39 is 29.9 Å². The molecule has 2 atom stereocenters. The van der Waals surface area contributed by atoms with Gasteiger partial charge in [-0.25, -0.2) is 9.59 Å². The van der Waals surface area contributed by atoms with Gasteiger partial charge in [0.15, 0.2) is 6.61 Å². The molecule has 3 rings (SSSR count). The van der Waals surface area contributed by atoms with Gasteiger partial charge in [0, 0.05) is 17.0 Å². The lowest BCUT2D eigenvalue weighted by Crippen LogP contribution is -2.55. The summed E-state index contributed by atoms with van der Waals surface area (Å²) in [6.45, 7) is 6.53. The Labute approximate surface area is 197 Å². The molecule has 0 spiro atoms. The fraction of sp³-hybridized carbons (Fsp3) is 0.520. The van der Waals surface area contributed by atoms with E-state index in [1.54, 1.807) is 39.8 Å². The molecule has 34 heavy (non-hydrogen) atoms. The fourth-order valence-electron chi connectivity index (χ4n) is 4.17. The fourth-order valence-corrected chi connectivity index (χ4v) is 4.17. The van der Waals surface area contributed by atoms with Crippen molar-refractivity contribution in [1.29, 1.82) is 0 Å². The van der Waals surface area contributed by atoms with Crippen LogP contribution in [0.4, 0.5) is 0 Å². The number of benzene rings is 1. The Morgan fingerprint density at radius 1 is 1.00 bits per heavy atom. The molecule has 0 fully saturated rings. The molecule has 1 aliphatic carbocycles. The van der Waals surface area contributed by atoms with Crippen molar-refractivity contribution in [3.05, 3.63) is 39.7 Å². The molecule has 1 aromatic heterocycles. The summed E-state index contributed by atoms with van der Waals surface area (Å²) in [5.74, 6) is -2.46. The molecule has 0 unspecified atom stereocenters. The zero-order chi connectivity index (χ0) is 25.0. The second-order valence-corrected chi connectivity index (χ2v) is 9.36. The quantitative estimate of drug-likeness (QED) is 0.477. The minimum absolute atomic E-state index is 0.272. The first-order valence-corrected chi connectivity index (χ1v) is 11.6. The zero-order valence-corrected chi connectivity index (χ0v) is 20.0. The number of carboxylic acid groups (broad SMARTS) is 1. The van der Waals surface area contributed by atoms with Crippen LogP contribution in [-0.2, 0) is 27.2 Å². The van der Waals surface area contributed by atoms with E-state index in [4.69, 9.17) is 9.15 Å². The molecule has 2 aromatic rings. The van der Waals surface area contributed by atoms with Crippen molar-refractivity contribution in [2.45, 2.75) is 65.5 Å². The first kappa shape index (κ1) is 25.3. The van der Waals surface area contributed by atoms with Crippen molar-refractivity contribution < 1.29 is 28.6 Å². The molecule has 3 N–H and O–H groups in total. The van der Waals surface area contributed by atoms with E-state index in [-0.39, 0.29) is 24.1 Å². The van der Waals surface area contributed by atoms with Crippen LogP contribution in [0.1, 0.15) is 51.7 Å². The predicted molar refractivity (Wildman–Crippen MR) is 126 cm³/mol. The molecule has 9 nitrogen and oxygen atoms in total. The number of ether oxygens (including phenoxy) is 1. The summed E-state index contributed by atoms with van der Waals surface area (Å²) in [4.78, 5) is 48.8. The van der Waals surface area contributed by atoms with Crippen molar-refractivity contribution in [2.24, 2.45) is 11.8 Å².